The molecule has 1 aliphatic heterocycles. The van der Waals surface area contributed by atoms with E-state index in [1.54, 1.807) is 37.2 Å². The number of aliphatic hydroxyl groups is 1. The van der Waals surface area contributed by atoms with E-state index in [2.05, 4.69) is 22.1 Å². The van der Waals surface area contributed by atoms with Crippen molar-refractivity contribution in [2.75, 3.05) is 52.7 Å². The van der Waals surface area contributed by atoms with Crippen LogP contribution < -0.4 is 10.1 Å². The summed E-state index contributed by atoms with van der Waals surface area (Å²) in [5.41, 5.74) is 1.17. The van der Waals surface area contributed by atoms with E-state index in [-0.39, 0.29) is 36.4 Å². The Bertz CT molecular complexity index is 1180. The predicted octanol–water partition coefficient (Wildman–Crippen LogP) is 2.52. The first-order valence-electron chi connectivity index (χ1n) is 12.1. The van der Waals surface area contributed by atoms with Crippen molar-refractivity contribution >= 4 is 17.6 Å². The zero-order chi connectivity index (χ0) is 27.1. The highest BCUT2D eigenvalue weighted by atomic mass is 19.1. The van der Waals surface area contributed by atoms with Crippen molar-refractivity contribution in [3.63, 3.8) is 0 Å². The van der Waals surface area contributed by atoms with Gasteiger partial charge in [0.15, 0.2) is 0 Å². The lowest BCUT2D eigenvalue weighted by molar-refractivity contribution is 0.0356. The number of carbonyl (C=O) groups excluding carboxylic acids is 2. The molecule has 0 saturated heterocycles. The van der Waals surface area contributed by atoms with Crippen LogP contribution in [0.4, 0.5) is 14.9 Å². The second-order valence-electron chi connectivity index (χ2n) is 9.56. The van der Waals surface area contributed by atoms with Gasteiger partial charge in [-0.2, -0.15) is 0 Å². The third-order valence-corrected chi connectivity index (χ3v) is 6.03. The van der Waals surface area contributed by atoms with E-state index in [0.717, 1.165) is 0 Å². The summed E-state index contributed by atoms with van der Waals surface area (Å²) in [4.78, 5) is 35.6. The molecule has 2 N–H and O–H groups in total. The number of nitrogens with zero attached hydrogens (tertiary/aromatic N) is 4. The predicted molar refractivity (Wildman–Crippen MR) is 139 cm³/mol. The highest BCUT2D eigenvalue weighted by Gasteiger charge is 2.34. The summed E-state index contributed by atoms with van der Waals surface area (Å²) in [7, 11) is 5.44. The fourth-order valence-electron chi connectivity index (χ4n) is 3.83. The number of amides is 3. The number of anilines is 1. The molecule has 198 valence electrons. The minimum Gasteiger partial charge on any atom is -0.472 e. The Hall–Kier alpha value is -3.68. The highest BCUT2D eigenvalue weighted by molar-refractivity contribution is 5.97. The van der Waals surface area contributed by atoms with Crippen molar-refractivity contribution < 1.29 is 23.8 Å². The molecule has 0 saturated carbocycles. The average molecular weight is 512 g/mol. The van der Waals surface area contributed by atoms with Crippen molar-refractivity contribution in [3.05, 3.63) is 53.5 Å². The van der Waals surface area contributed by atoms with Crippen molar-refractivity contribution in [2.24, 2.45) is 5.92 Å². The van der Waals surface area contributed by atoms with E-state index in [0.29, 0.717) is 24.3 Å². The molecule has 37 heavy (non-hydrogen) atoms. The van der Waals surface area contributed by atoms with Gasteiger partial charge in [-0.05, 0) is 45.3 Å². The molecular formula is C27H34FN5O4. The lowest BCUT2D eigenvalue weighted by Crippen LogP contribution is -2.50. The van der Waals surface area contributed by atoms with E-state index in [9.17, 15) is 19.1 Å². The summed E-state index contributed by atoms with van der Waals surface area (Å²) in [6.07, 6.45) is 1.04. The Balaban J connectivity index is 1.87. The van der Waals surface area contributed by atoms with E-state index in [1.165, 1.54) is 23.1 Å². The molecule has 2 aromatic rings. The average Bonchev–Trinajstić information content (AvgIpc) is 2.85. The van der Waals surface area contributed by atoms with Crippen LogP contribution in [0.1, 0.15) is 29.8 Å². The first kappa shape index (κ1) is 27.9. The van der Waals surface area contributed by atoms with Gasteiger partial charge in [-0.3, -0.25) is 9.69 Å². The molecule has 0 bridgehead atoms. The van der Waals surface area contributed by atoms with Gasteiger partial charge in [-0.25, -0.2) is 14.2 Å². The second-order valence-corrected chi connectivity index (χ2v) is 9.56. The molecule has 3 atom stereocenters. The Morgan fingerprint density at radius 3 is 2.78 bits per heavy atom. The fraction of sp³-hybridized carbons (Fsp3) is 0.444. The number of ether oxygens (including phenoxy) is 1. The third-order valence-electron chi connectivity index (χ3n) is 6.03. The lowest BCUT2D eigenvalue weighted by Gasteiger charge is -2.37. The number of halogens is 1. The lowest BCUT2D eigenvalue weighted by atomic mass is 10.00. The van der Waals surface area contributed by atoms with Gasteiger partial charge in [-0.15, -0.1) is 0 Å². The topological polar surface area (TPSA) is 98.2 Å². The van der Waals surface area contributed by atoms with Crippen LogP contribution in [0, 0.1) is 23.6 Å². The summed E-state index contributed by atoms with van der Waals surface area (Å²) < 4.78 is 19.7. The molecule has 2 heterocycles. The van der Waals surface area contributed by atoms with Crippen molar-refractivity contribution in [1.82, 2.24) is 19.7 Å². The third kappa shape index (κ3) is 7.41. The first-order valence-corrected chi connectivity index (χ1v) is 12.1. The number of carbonyl (C=O) groups is 2. The molecule has 1 aromatic carbocycles. The van der Waals surface area contributed by atoms with Gasteiger partial charge in [0, 0.05) is 37.0 Å². The van der Waals surface area contributed by atoms with Crippen LogP contribution in [0.3, 0.4) is 0 Å². The summed E-state index contributed by atoms with van der Waals surface area (Å²) in [5.74, 6) is 5.24. The maximum Gasteiger partial charge on any atom is 0.321 e. The Kier molecular flexibility index (Phi) is 9.44. The zero-order valence-corrected chi connectivity index (χ0v) is 21.9. The normalized spacial score (nSPS) is 18.1. The number of likely N-dealkylation sites (N-methyl/N-ethyl adjacent to an activating group) is 1. The van der Waals surface area contributed by atoms with Gasteiger partial charge < -0.3 is 25.0 Å². The van der Waals surface area contributed by atoms with Crippen LogP contribution in [0.25, 0.3) is 0 Å². The van der Waals surface area contributed by atoms with E-state index in [1.807, 2.05) is 25.9 Å². The zero-order valence-electron chi connectivity index (χ0n) is 21.9. The Labute approximate surface area is 217 Å². The van der Waals surface area contributed by atoms with Gasteiger partial charge in [0.2, 0.25) is 5.88 Å². The summed E-state index contributed by atoms with van der Waals surface area (Å²) >= 11 is 0. The second kappa shape index (κ2) is 12.5. The number of pyridine rings is 1. The number of benzene rings is 1. The minimum atomic E-state index is -0.512. The molecule has 3 rings (SSSR count). The number of rotatable bonds is 6. The molecule has 0 unspecified atom stereocenters. The summed E-state index contributed by atoms with van der Waals surface area (Å²) in [6, 6.07) is 6.44. The summed E-state index contributed by atoms with van der Waals surface area (Å²) in [5, 5.41) is 12.5. The molecule has 10 heteroatoms. The monoisotopic (exact) mass is 511 g/mol. The molecule has 0 spiro atoms. The minimum absolute atomic E-state index is 0.147. The largest absolute Gasteiger partial charge is 0.472 e. The Morgan fingerprint density at radius 1 is 1.35 bits per heavy atom. The number of aromatic nitrogens is 1. The standard InChI is InChI=1S/C27H34FN5O4/c1-18-15-33(19(2)17-34)26(35)23-12-20(8-7-11-31(3)4)14-29-25(23)37-24(18)16-32(5)27(36)30-22-10-6-9-21(28)13-22/h6,9-10,12-14,18-19,24,34H,11,15-17H2,1-5H3,(H,30,36)/t18-,19+,24+/m0/s1. The smallest absolute Gasteiger partial charge is 0.321 e. The number of hydrogen-bond donors (Lipinski definition) is 2. The number of hydrogen-bond acceptors (Lipinski definition) is 6. The van der Waals surface area contributed by atoms with Crippen LogP contribution in [0.5, 0.6) is 5.88 Å². The summed E-state index contributed by atoms with van der Waals surface area (Å²) in [6.45, 7) is 4.53. The number of urea groups is 1. The van der Waals surface area contributed by atoms with Crippen LogP contribution in [-0.4, -0.2) is 96.3 Å². The van der Waals surface area contributed by atoms with Crippen LogP contribution >= 0.6 is 0 Å². The van der Waals surface area contributed by atoms with Crippen molar-refractivity contribution in [2.45, 2.75) is 26.0 Å². The van der Waals surface area contributed by atoms with Crippen LogP contribution in [-0.2, 0) is 0 Å². The van der Waals surface area contributed by atoms with E-state index >= 15 is 0 Å². The quantitative estimate of drug-likeness (QED) is 0.579. The fourth-order valence-corrected chi connectivity index (χ4v) is 3.83. The first-order chi connectivity index (χ1) is 17.6. The molecule has 0 aliphatic carbocycles. The highest BCUT2D eigenvalue weighted by Crippen LogP contribution is 2.27. The van der Waals surface area contributed by atoms with E-state index in [4.69, 9.17) is 4.74 Å². The molecule has 9 nitrogen and oxygen atoms in total. The van der Waals surface area contributed by atoms with Crippen molar-refractivity contribution in [1.29, 1.82) is 0 Å². The van der Waals surface area contributed by atoms with Gasteiger partial charge in [0.1, 0.15) is 17.5 Å². The molecule has 0 radical (unpaired) electrons. The maximum atomic E-state index is 13.5. The molecular weight excluding hydrogens is 477 g/mol. The van der Waals surface area contributed by atoms with Gasteiger partial charge >= 0.3 is 6.03 Å². The van der Waals surface area contributed by atoms with Crippen LogP contribution in [0.15, 0.2) is 36.5 Å². The number of aliphatic hydroxyl groups excluding tert-OH is 1. The number of fused-ring (bicyclic) bond motifs is 1. The maximum absolute atomic E-state index is 13.5. The van der Waals surface area contributed by atoms with Gasteiger partial charge in [0.25, 0.3) is 5.91 Å². The van der Waals surface area contributed by atoms with E-state index < -0.39 is 24.0 Å². The van der Waals surface area contributed by atoms with Crippen molar-refractivity contribution in [3.8, 4) is 17.7 Å². The van der Waals surface area contributed by atoms with Crippen LogP contribution in [0.2, 0.25) is 0 Å². The molecule has 3 amide bonds. The Morgan fingerprint density at radius 2 is 2.11 bits per heavy atom. The molecule has 0 fully saturated rings. The van der Waals surface area contributed by atoms with Gasteiger partial charge in [0.05, 0.1) is 25.7 Å². The number of nitrogens with one attached hydrogen (secondary N) is 1. The molecule has 1 aromatic heterocycles. The SMILES string of the molecule is C[C@H](CO)N1C[C@H](C)[C@@H](CN(C)C(=O)Nc2cccc(F)c2)Oc2ncc(C#CCN(C)C)cc2C1=O. The van der Waals surface area contributed by atoms with Gasteiger partial charge in [-0.1, -0.05) is 24.8 Å². The molecule has 1 aliphatic rings.